The molecule has 114 valence electrons. The van der Waals surface area contributed by atoms with Crippen molar-refractivity contribution in [2.75, 3.05) is 19.6 Å². The van der Waals surface area contributed by atoms with E-state index in [1.54, 1.807) is 0 Å². The van der Waals surface area contributed by atoms with Crippen molar-refractivity contribution in [2.24, 2.45) is 0 Å². The van der Waals surface area contributed by atoms with Crippen LogP contribution in [-0.2, 0) is 4.79 Å². The first-order chi connectivity index (χ1) is 10.3. The SMILES string of the molecule is O=C(CNC1CCCCC1c1ccccc1)N1CCCC1. The van der Waals surface area contributed by atoms with Crippen LogP contribution in [0.1, 0.15) is 50.0 Å². The van der Waals surface area contributed by atoms with E-state index < -0.39 is 0 Å². The van der Waals surface area contributed by atoms with Gasteiger partial charge in [-0.15, -0.1) is 0 Å². The van der Waals surface area contributed by atoms with Gasteiger partial charge in [-0.2, -0.15) is 0 Å². The third-order valence-electron chi connectivity index (χ3n) is 4.97. The molecule has 2 aliphatic rings. The molecule has 3 nitrogen and oxygen atoms in total. The maximum Gasteiger partial charge on any atom is 0.236 e. The largest absolute Gasteiger partial charge is 0.342 e. The summed E-state index contributed by atoms with van der Waals surface area (Å²) in [5, 5.41) is 3.56. The molecular formula is C18H26N2O. The number of rotatable bonds is 4. The molecule has 0 aromatic heterocycles. The molecular weight excluding hydrogens is 260 g/mol. The highest BCUT2D eigenvalue weighted by Gasteiger charge is 2.27. The fraction of sp³-hybridized carbons (Fsp3) is 0.611. The summed E-state index contributed by atoms with van der Waals surface area (Å²) in [6.45, 7) is 2.41. The molecule has 1 amide bonds. The Balaban J connectivity index is 1.58. The van der Waals surface area contributed by atoms with Gasteiger partial charge in [0.2, 0.25) is 5.91 Å². The Morgan fingerprint density at radius 1 is 1.05 bits per heavy atom. The second kappa shape index (κ2) is 7.08. The van der Waals surface area contributed by atoms with E-state index >= 15 is 0 Å². The van der Waals surface area contributed by atoms with Crippen LogP contribution in [0, 0.1) is 0 Å². The van der Waals surface area contributed by atoms with Gasteiger partial charge in [0.05, 0.1) is 6.54 Å². The molecule has 1 aromatic carbocycles. The number of nitrogens with zero attached hydrogens (tertiary/aromatic N) is 1. The van der Waals surface area contributed by atoms with Crippen molar-refractivity contribution in [3.63, 3.8) is 0 Å². The zero-order valence-corrected chi connectivity index (χ0v) is 12.8. The van der Waals surface area contributed by atoms with Gasteiger partial charge in [-0.25, -0.2) is 0 Å². The van der Waals surface area contributed by atoms with Gasteiger partial charge in [0.1, 0.15) is 0 Å². The summed E-state index contributed by atoms with van der Waals surface area (Å²) >= 11 is 0. The van der Waals surface area contributed by atoms with Crippen LogP contribution in [0.15, 0.2) is 30.3 Å². The molecule has 0 radical (unpaired) electrons. The highest BCUT2D eigenvalue weighted by molar-refractivity contribution is 5.78. The second-order valence-electron chi connectivity index (χ2n) is 6.38. The lowest BCUT2D eigenvalue weighted by Crippen LogP contribution is -2.44. The van der Waals surface area contributed by atoms with Crippen LogP contribution in [0.3, 0.4) is 0 Å². The summed E-state index contributed by atoms with van der Waals surface area (Å²) in [6.07, 6.45) is 7.34. The van der Waals surface area contributed by atoms with Gasteiger partial charge < -0.3 is 10.2 Å². The van der Waals surface area contributed by atoms with Crippen molar-refractivity contribution < 1.29 is 4.79 Å². The second-order valence-corrected chi connectivity index (χ2v) is 6.38. The van der Waals surface area contributed by atoms with E-state index in [9.17, 15) is 4.79 Å². The Labute approximate surface area is 127 Å². The predicted molar refractivity (Wildman–Crippen MR) is 85.3 cm³/mol. The van der Waals surface area contributed by atoms with Gasteiger partial charge >= 0.3 is 0 Å². The van der Waals surface area contributed by atoms with Gasteiger partial charge in [-0.05, 0) is 37.2 Å². The van der Waals surface area contributed by atoms with Crippen LogP contribution in [0.25, 0.3) is 0 Å². The molecule has 2 unspecified atom stereocenters. The maximum atomic E-state index is 12.2. The predicted octanol–water partition coefficient (Wildman–Crippen LogP) is 2.92. The molecule has 0 bridgehead atoms. The molecule has 2 atom stereocenters. The molecule has 1 saturated heterocycles. The fourth-order valence-corrected chi connectivity index (χ4v) is 3.77. The lowest BCUT2D eigenvalue weighted by atomic mass is 9.80. The molecule has 1 saturated carbocycles. The first kappa shape index (κ1) is 14.6. The van der Waals surface area contributed by atoms with E-state index in [4.69, 9.17) is 0 Å². The van der Waals surface area contributed by atoms with Crippen LogP contribution in [0.2, 0.25) is 0 Å². The standard InChI is InChI=1S/C18H26N2O/c21-18(20-12-6-7-13-20)14-19-17-11-5-4-10-16(17)15-8-2-1-3-9-15/h1-3,8-9,16-17,19H,4-7,10-14H2. The quantitative estimate of drug-likeness (QED) is 0.923. The molecule has 2 fully saturated rings. The average Bonchev–Trinajstić information content (AvgIpc) is 3.08. The van der Waals surface area contributed by atoms with Crippen molar-refractivity contribution in [1.29, 1.82) is 0 Å². The molecule has 3 rings (SSSR count). The summed E-state index contributed by atoms with van der Waals surface area (Å²) in [7, 11) is 0. The average molecular weight is 286 g/mol. The van der Waals surface area contributed by atoms with Crippen molar-refractivity contribution >= 4 is 5.91 Å². The third-order valence-corrected chi connectivity index (χ3v) is 4.97. The fourth-order valence-electron chi connectivity index (χ4n) is 3.77. The number of benzene rings is 1. The minimum absolute atomic E-state index is 0.282. The number of carbonyl (C=O) groups excluding carboxylic acids is 1. The number of carbonyl (C=O) groups is 1. The van der Waals surface area contributed by atoms with Gasteiger partial charge in [0.25, 0.3) is 0 Å². The molecule has 1 aromatic rings. The number of hydrogen-bond acceptors (Lipinski definition) is 2. The van der Waals surface area contributed by atoms with Crippen LogP contribution in [0.5, 0.6) is 0 Å². The Bertz CT molecular complexity index is 454. The van der Waals surface area contributed by atoms with Gasteiger partial charge in [0, 0.05) is 19.1 Å². The van der Waals surface area contributed by atoms with Gasteiger partial charge in [0.15, 0.2) is 0 Å². The minimum atomic E-state index is 0.282. The van der Waals surface area contributed by atoms with E-state index in [-0.39, 0.29) is 5.91 Å². The Kier molecular flexibility index (Phi) is 4.91. The lowest BCUT2D eigenvalue weighted by molar-refractivity contribution is -0.129. The number of amides is 1. The molecule has 1 aliphatic carbocycles. The summed E-state index contributed by atoms with van der Waals surface area (Å²) in [6, 6.07) is 11.2. The van der Waals surface area contributed by atoms with Crippen molar-refractivity contribution in [3.8, 4) is 0 Å². The van der Waals surface area contributed by atoms with Gasteiger partial charge in [-0.3, -0.25) is 4.79 Å². The number of nitrogens with one attached hydrogen (secondary N) is 1. The van der Waals surface area contributed by atoms with E-state index in [0.29, 0.717) is 18.5 Å². The smallest absolute Gasteiger partial charge is 0.236 e. The zero-order valence-electron chi connectivity index (χ0n) is 12.8. The Morgan fingerprint density at radius 2 is 1.76 bits per heavy atom. The van der Waals surface area contributed by atoms with Crippen molar-refractivity contribution in [2.45, 2.75) is 50.5 Å². The molecule has 1 aliphatic heterocycles. The Hall–Kier alpha value is -1.35. The minimum Gasteiger partial charge on any atom is -0.342 e. The highest BCUT2D eigenvalue weighted by Crippen LogP contribution is 2.32. The first-order valence-electron chi connectivity index (χ1n) is 8.41. The van der Waals surface area contributed by atoms with Crippen molar-refractivity contribution in [3.05, 3.63) is 35.9 Å². The number of likely N-dealkylation sites (tertiary alicyclic amines) is 1. The Morgan fingerprint density at radius 3 is 2.52 bits per heavy atom. The molecule has 1 heterocycles. The van der Waals surface area contributed by atoms with E-state index in [1.807, 2.05) is 4.90 Å². The van der Waals surface area contributed by atoms with E-state index in [2.05, 4.69) is 35.6 Å². The summed E-state index contributed by atoms with van der Waals surface area (Å²) in [5.41, 5.74) is 1.42. The summed E-state index contributed by atoms with van der Waals surface area (Å²) in [5.74, 6) is 0.844. The van der Waals surface area contributed by atoms with Gasteiger partial charge in [-0.1, -0.05) is 43.2 Å². The van der Waals surface area contributed by atoms with Crippen LogP contribution in [0.4, 0.5) is 0 Å². The van der Waals surface area contributed by atoms with Crippen LogP contribution in [-0.4, -0.2) is 36.5 Å². The maximum absolute atomic E-state index is 12.2. The topological polar surface area (TPSA) is 32.3 Å². The van der Waals surface area contributed by atoms with Crippen LogP contribution < -0.4 is 5.32 Å². The third kappa shape index (κ3) is 3.65. The first-order valence-corrected chi connectivity index (χ1v) is 8.41. The van der Waals surface area contributed by atoms with E-state index in [0.717, 1.165) is 13.1 Å². The lowest BCUT2D eigenvalue weighted by Gasteiger charge is -2.33. The van der Waals surface area contributed by atoms with Crippen LogP contribution >= 0.6 is 0 Å². The van der Waals surface area contributed by atoms with Crippen molar-refractivity contribution in [1.82, 2.24) is 10.2 Å². The normalized spacial score (nSPS) is 26.0. The molecule has 1 N–H and O–H groups in total. The zero-order chi connectivity index (χ0) is 14.5. The highest BCUT2D eigenvalue weighted by atomic mass is 16.2. The monoisotopic (exact) mass is 286 g/mol. The summed E-state index contributed by atoms with van der Waals surface area (Å²) < 4.78 is 0. The molecule has 0 spiro atoms. The summed E-state index contributed by atoms with van der Waals surface area (Å²) in [4.78, 5) is 14.2. The number of hydrogen-bond donors (Lipinski definition) is 1. The van der Waals surface area contributed by atoms with E-state index in [1.165, 1.54) is 44.1 Å². The molecule has 3 heteroatoms. The molecule has 21 heavy (non-hydrogen) atoms.